The average molecular weight is 579 g/mol. The number of imidazole rings is 1. The third-order valence-corrected chi connectivity index (χ3v) is 8.67. The topological polar surface area (TPSA) is 92.6 Å². The van der Waals surface area contributed by atoms with Gasteiger partial charge in [-0.05, 0) is 96.3 Å². The largest absolute Gasteiger partial charge is 0.489 e. The summed E-state index contributed by atoms with van der Waals surface area (Å²) >= 11 is 7.11. The number of benzene rings is 1. The van der Waals surface area contributed by atoms with Gasteiger partial charge in [0.15, 0.2) is 0 Å². The summed E-state index contributed by atoms with van der Waals surface area (Å²) in [7, 11) is 4.25. The highest BCUT2D eigenvalue weighted by Gasteiger charge is 2.29. The summed E-state index contributed by atoms with van der Waals surface area (Å²) in [6.45, 7) is 6.65. The summed E-state index contributed by atoms with van der Waals surface area (Å²) in [6.07, 6.45) is 9.75. The number of nitrogens with one attached hydrogen (secondary N) is 1. The van der Waals surface area contributed by atoms with Gasteiger partial charge in [0.05, 0.1) is 23.2 Å². The molecule has 1 atom stereocenters. The van der Waals surface area contributed by atoms with Gasteiger partial charge < -0.3 is 19.1 Å². The highest BCUT2D eigenvalue weighted by atomic mass is 35.5. The molecule has 2 amide bonds. The van der Waals surface area contributed by atoms with Crippen LogP contribution in [0.15, 0.2) is 43.1 Å². The van der Waals surface area contributed by atoms with Gasteiger partial charge in [-0.25, -0.2) is 4.98 Å². The Morgan fingerprint density at radius 3 is 2.63 bits per heavy atom. The molecular weight excluding hydrogens is 540 g/mol. The first-order chi connectivity index (χ1) is 19.7. The molecule has 1 aromatic carbocycles. The number of halogens is 1. The summed E-state index contributed by atoms with van der Waals surface area (Å²) in [5.74, 6) is 0.611. The maximum atomic E-state index is 13.3. The van der Waals surface area contributed by atoms with Gasteiger partial charge in [0.1, 0.15) is 10.8 Å². The molecule has 0 unspecified atom stereocenters. The summed E-state index contributed by atoms with van der Waals surface area (Å²) < 4.78 is 8.47. The number of ether oxygens (including phenoxy) is 1. The van der Waals surface area contributed by atoms with E-state index in [0.717, 1.165) is 50.6 Å². The van der Waals surface area contributed by atoms with Crippen LogP contribution in [0, 0.1) is 6.92 Å². The molecule has 9 nitrogen and oxygen atoms in total. The van der Waals surface area contributed by atoms with Gasteiger partial charge in [0.2, 0.25) is 11.9 Å². The normalized spacial score (nSPS) is 21.5. The fourth-order valence-electron chi connectivity index (χ4n) is 6.04. The molecule has 1 aliphatic heterocycles. The lowest BCUT2D eigenvalue weighted by molar-refractivity contribution is -0.126. The van der Waals surface area contributed by atoms with Gasteiger partial charge in [-0.3, -0.25) is 19.9 Å². The van der Waals surface area contributed by atoms with E-state index >= 15 is 0 Å². The molecule has 10 heteroatoms. The molecule has 0 spiro atoms. The number of rotatable bonds is 7. The van der Waals surface area contributed by atoms with Gasteiger partial charge >= 0.3 is 0 Å². The molecule has 5 rings (SSSR count). The van der Waals surface area contributed by atoms with E-state index in [-0.39, 0.29) is 24.0 Å². The number of carbonyl (C=O) groups is 2. The Kier molecular flexibility index (Phi) is 8.94. The zero-order valence-corrected chi connectivity index (χ0v) is 24.9. The second-order valence-corrected chi connectivity index (χ2v) is 11.7. The van der Waals surface area contributed by atoms with Gasteiger partial charge in [-0.2, -0.15) is 0 Å². The number of amides is 2. The molecule has 0 radical (unpaired) electrons. The minimum Gasteiger partial charge on any atom is -0.489 e. The fraction of sp³-hybridized carbons (Fsp3) is 0.484. The van der Waals surface area contributed by atoms with Crippen LogP contribution in [0.1, 0.15) is 67.0 Å². The minimum atomic E-state index is -0.287. The molecule has 1 saturated carbocycles. The third-order valence-electron chi connectivity index (χ3n) is 8.30. The van der Waals surface area contributed by atoms with E-state index in [4.69, 9.17) is 21.3 Å². The number of hydrogen-bond donors (Lipinski definition) is 1. The van der Waals surface area contributed by atoms with Crippen molar-refractivity contribution < 1.29 is 14.3 Å². The van der Waals surface area contributed by atoms with Crippen molar-refractivity contribution in [1.82, 2.24) is 24.3 Å². The number of pyridine rings is 1. The van der Waals surface area contributed by atoms with Crippen molar-refractivity contribution in [3.8, 4) is 5.75 Å². The maximum Gasteiger partial charge on any atom is 0.258 e. The molecule has 2 aromatic heterocycles. The smallest absolute Gasteiger partial charge is 0.258 e. The second kappa shape index (κ2) is 12.6. The Labute approximate surface area is 246 Å². The number of likely N-dealkylation sites (tertiary alicyclic amines) is 1. The van der Waals surface area contributed by atoms with Gasteiger partial charge in [-0.1, -0.05) is 18.2 Å². The first kappa shape index (κ1) is 29.1. The number of aromatic nitrogens is 3. The molecule has 3 aromatic rings. The zero-order valence-electron chi connectivity index (χ0n) is 24.1. The number of aryl methyl sites for hydroxylation is 1. The monoisotopic (exact) mass is 578 g/mol. The van der Waals surface area contributed by atoms with E-state index in [1.54, 1.807) is 18.3 Å². The Balaban J connectivity index is 1.52. The van der Waals surface area contributed by atoms with E-state index in [1.165, 1.54) is 6.08 Å². The highest BCUT2D eigenvalue weighted by Crippen LogP contribution is 2.40. The Bertz CT molecular complexity index is 1430. The standard InChI is InChI=1S/C31H39ClN6O3/c1-5-27(39)37-17-7-6-8-23(19-37)38-29-25(34-31(38)35-30(40)21-15-16-33-20(2)18-21)13-14-26(28(29)32)41-24-11-9-22(10-12-24)36(3)4/h5,13-16,18,22-24H,1,6-12,17,19H2,2-4H3,(H,34,35,40)/t22?,23-,24?/m1/s1. The van der Waals surface area contributed by atoms with Crippen LogP contribution in [0.4, 0.5) is 5.95 Å². The van der Waals surface area contributed by atoms with E-state index in [9.17, 15) is 9.59 Å². The lowest BCUT2D eigenvalue weighted by Crippen LogP contribution is -2.35. The van der Waals surface area contributed by atoms with E-state index < -0.39 is 0 Å². The first-order valence-corrected chi connectivity index (χ1v) is 14.8. The molecule has 1 saturated heterocycles. The molecule has 2 aliphatic rings. The maximum absolute atomic E-state index is 13.3. The molecular formula is C31H39ClN6O3. The van der Waals surface area contributed by atoms with Crippen LogP contribution < -0.4 is 10.1 Å². The Hall–Kier alpha value is -3.43. The van der Waals surface area contributed by atoms with Crippen LogP contribution in [-0.2, 0) is 4.79 Å². The second-order valence-electron chi connectivity index (χ2n) is 11.3. The molecule has 218 valence electrons. The van der Waals surface area contributed by atoms with E-state index in [1.807, 2.05) is 28.5 Å². The van der Waals surface area contributed by atoms with E-state index in [0.29, 0.717) is 52.4 Å². The van der Waals surface area contributed by atoms with Crippen LogP contribution in [0.5, 0.6) is 5.75 Å². The van der Waals surface area contributed by atoms with Crippen LogP contribution in [0.25, 0.3) is 11.0 Å². The Morgan fingerprint density at radius 1 is 1.15 bits per heavy atom. The SMILES string of the molecule is C=CC(=O)N1CCCC[C@@H](n2c(NC(=O)c3ccnc(C)c3)nc3ccc(OC4CCC(N(C)C)CC4)c(Cl)c32)C1. The molecule has 1 N–H and O–H groups in total. The van der Waals surface area contributed by atoms with Crippen molar-refractivity contribution in [3.05, 3.63) is 59.4 Å². The van der Waals surface area contributed by atoms with Crippen LogP contribution >= 0.6 is 11.6 Å². The quantitative estimate of drug-likeness (QED) is 0.365. The lowest BCUT2D eigenvalue weighted by Gasteiger charge is -2.33. The summed E-state index contributed by atoms with van der Waals surface area (Å²) in [6, 6.07) is 7.61. The third kappa shape index (κ3) is 6.41. The van der Waals surface area contributed by atoms with Crippen molar-refractivity contribution in [2.24, 2.45) is 0 Å². The van der Waals surface area contributed by atoms with Crippen molar-refractivity contribution in [3.63, 3.8) is 0 Å². The predicted molar refractivity (Wildman–Crippen MR) is 162 cm³/mol. The predicted octanol–water partition coefficient (Wildman–Crippen LogP) is 5.64. The number of hydrogen-bond acceptors (Lipinski definition) is 6. The minimum absolute atomic E-state index is 0.0882. The average Bonchev–Trinajstić information content (AvgIpc) is 3.15. The number of anilines is 1. The van der Waals surface area contributed by atoms with Crippen molar-refractivity contribution in [1.29, 1.82) is 0 Å². The van der Waals surface area contributed by atoms with Gasteiger partial charge in [-0.15, -0.1) is 0 Å². The molecule has 1 aliphatic carbocycles. The summed E-state index contributed by atoms with van der Waals surface area (Å²) in [4.78, 5) is 39.1. The fourth-order valence-corrected chi connectivity index (χ4v) is 6.34. The lowest BCUT2D eigenvalue weighted by atomic mass is 9.92. The molecule has 3 heterocycles. The van der Waals surface area contributed by atoms with Crippen LogP contribution in [0.2, 0.25) is 5.02 Å². The summed E-state index contributed by atoms with van der Waals surface area (Å²) in [5.41, 5.74) is 2.60. The molecule has 2 fully saturated rings. The van der Waals surface area contributed by atoms with Gasteiger partial charge in [0, 0.05) is 36.6 Å². The Morgan fingerprint density at radius 2 is 1.93 bits per heavy atom. The van der Waals surface area contributed by atoms with Crippen molar-refractivity contribution in [2.45, 2.75) is 70.1 Å². The van der Waals surface area contributed by atoms with Crippen molar-refractivity contribution >= 4 is 40.4 Å². The van der Waals surface area contributed by atoms with Crippen molar-refractivity contribution in [2.75, 3.05) is 32.5 Å². The number of carbonyl (C=O) groups excluding carboxylic acids is 2. The summed E-state index contributed by atoms with van der Waals surface area (Å²) in [5, 5.41) is 3.49. The van der Waals surface area contributed by atoms with Crippen LogP contribution in [-0.4, -0.2) is 75.5 Å². The highest BCUT2D eigenvalue weighted by molar-refractivity contribution is 6.36. The molecule has 0 bridgehead atoms. The van der Waals surface area contributed by atoms with E-state index in [2.05, 4.69) is 35.9 Å². The number of nitrogens with zero attached hydrogens (tertiary/aromatic N) is 5. The zero-order chi connectivity index (χ0) is 29.1. The first-order valence-electron chi connectivity index (χ1n) is 14.4. The van der Waals surface area contributed by atoms with Gasteiger partial charge in [0.25, 0.3) is 5.91 Å². The van der Waals surface area contributed by atoms with Crippen LogP contribution in [0.3, 0.4) is 0 Å². The molecule has 41 heavy (non-hydrogen) atoms. The number of fused-ring (bicyclic) bond motifs is 1.